The zero-order valence-electron chi connectivity index (χ0n) is 16.3. The molecular formula is C22H25Cl2N5. The van der Waals surface area contributed by atoms with Crippen LogP contribution in [0.1, 0.15) is 25.7 Å². The molecule has 3 aromatic rings. The number of aromatic nitrogens is 2. The molecule has 0 amide bonds. The van der Waals surface area contributed by atoms with Crippen molar-refractivity contribution in [3.8, 4) is 0 Å². The van der Waals surface area contributed by atoms with E-state index < -0.39 is 0 Å². The summed E-state index contributed by atoms with van der Waals surface area (Å²) < 4.78 is 0. The number of nitrogens with zero attached hydrogens (tertiary/aromatic N) is 3. The maximum atomic E-state index is 6.14. The number of hydrogen-bond acceptors (Lipinski definition) is 5. The molecule has 7 heteroatoms. The third-order valence-electron chi connectivity index (χ3n) is 5.11. The fourth-order valence-electron chi connectivity index (χ4n) is 3.70. The van der Waals surface area contributed by atoms with Crippen LogP contribution in [0.4, 0.5) is 17.5 Å². The lowest BCUT2D eigenvalue weighted by molar-refractivity contribution is 0.228. The summed E-state index contributed by atoms with van der Waals surface area (Å²) in [5.41, 5.74) is 1.68. The molecular weight excluding hydrogens is 405 g/mol. The number of fused-ring (bicyclic) bond motifs is 1. The highest BCUT2D eigenvalue weighted by molar-refractivity contribution is 6.35. The minimum absolute atomic E-state index is 0.578. The molecule has 0 atom stereocenters. The van der Waals surface area contributed by atoms with Crippen molar-refractivity contribution in [2.75, 3.05) is 36.8 Å². The second-order valence-electron chi connectivity index (χ2n) is 7.38. The number of rotatable bonds is 7. The van der Waals surface area contributed by atoms with E-state index in [9.17, 15) is 0 Å². The van der Waals surface area contributed by atoms with Crippen molar-refractivity contribution in [3.63, 3.8) is 0 Å². The summed E-state index contributed by atoms with van der Waals surface area (Å²) in [4.78, 5) is 11.9. The van der Waals surface area contributed by atoms with Crippen LogP contribution in [0, 0.1) is 0 Å². The summed E-state index contributed by atoms with van der Waals surface area (Å²) in [6.45, 7) is 4.41. The molecule has 2 aromatic carbocycles. The average Bonchev–Trinajstić information content (AvgIpc) is 2.71. The van der Waals surface area contributed by atoms with Crippen LogP contribution >= 0.6 is 23.2 Å². The first-order chi connectivity index (χ1) is 14.2. The largest absolute Gasteiger partial charge is 0.354 e. The molecule has 0 unspecified atom stereocenters. The third-order valence-corrected chi connectivity index (χ3v) is 5.55. The van der Waals surface area contributed by atoms with Gasteiger partial charge in [-0.1, -0.05) is 41.8 Å². The highest BCUT2D eigenvalue weighted by atomic mass is 35.5. The van der Waals surface area contributed by atoms with Gasteiger partial charge in [-0.15, -0.1) is 0 Å². The van der Waals surface area contributed by atoms with Crippen molar-refractivity contribution in [3.05, 3.63) is 52.5 Å². The van der Waals surface area contributed by atoms with Crippen molar-refractivity contribution in [1.29, 1.82) is 0 Å². The average molecular weight is 430 g/mol. The Morgan fingerprint density at radius 1 is 0.931 bits per heavy atom. The fraction of sp³-hybridized carbons (Fsp3) is 0.364. The predicted molar refractivity (Wildman–Crippen MR) is 123 cm³/mol. The van der Waals surface area contributed by atoms with Crippen LogP contribution in [0.15, 0.2) is 42.5 Å². The van der Waals surface area contributed by atoms with Gasteiger partial charge in [-0.3, -0.25) is 0 Å². The number of para-hydroxylation sites is 1. The SMILES string of the molecule is Clc1cc(Cl)cc(Nc2nc(NCCCN3CCCCC3)nc3ccccc23)c1. The number of nitrogens with one attached hydrogen (secondary N) is 2. The third kappa shape index (κ3) is 5.50. The molecule has 152 valence electrons. The maximum Gasteiger partial charge on any atom is 0.225 e. The van der Waals surface area contributed by atoms with Crippen LogP contribution < -0.4 is 10.6 Å². The summed E-state index contributed by atoms with van der Waals surface area (Å²) in [5, 5.41) is 8.83. The zero-order valence-corrected chi connectivity index (χ0v) is 17.8. The van der Waals surface area contributed by atoms with E-state index in [1.165, 1.54) is 32.4 Å². The number of hydrogen-bond donors (Lipinski definition) is 2. The topological polar surface area (TPSA) is 53.1 Å². The molecule has 5 nitrogen and oxygen atoms in total. The van der Waals surface area contributed by atoms with Crippen LogP contribution in [0.5, 0.6) is 0 Å². The number of anilines is 3. The first-order valence-corrected chi connectivity index (χ1v) is 10.9. The van der Waals surface area contributed by atoms with Gasteiger partial charge in [0.25, 0.3) is 0 Å². The van der Waals surface area contributed by atoms with E-state index in [-0.39, 0.29) is 0 Å². The smallest absolute Gasteiger partial charge is 0.225 e. The van der Waals surface area contributed by atoms with Gasteiger partial charge in [0.2, 0.25) is 5.95 Å². The fourth-order valence-corrected chi connectivity index (χ4v) is 4.23. The van der Waals surface area contributed by atoms with Crippen LogP contribution in [0.3, 0.4) is 0 Å². The summed E-state index contributed by atoms with van der Waals surface area (Å²) in [7, 11) is 0. The maximum absolute atomic E-state index is 6.14. The van der Waals surface area contributed by atoms with Crippen LogP contribution in [-0.2, 0) is 0 Å². The van der Waals surface area contributed by atoms with Crippen LogP contribution in [0.2, 0.25) is 10.0 Å². The first kappa shape index (κ1) is 20.2. The van der Waals surface area contributed by atoms with E-state index >= 15 is 0 Å². The van der Waals surface area contributed by atoms with E-state index in [4.69, 9.17) is 28.2 Å². The quantitative estimate of drug-likeness (QED) is 0.453. The summed E-state index contributed by atoms with van der Waals surface area (Å²) in [5.74, 6) is 1.35. The predicted octanol–water partition coefficient (Wildman–Crippen LogP) is 5.97. The normalized spacial score (nSPS) is 14.8. The molecule has 1 aromatic heterocycles. The lowest BCUT2D eigenvalue weighted by Crippen LogP contribution is -2.31. The number of likely N-dealkylation sites (tertiary alicyclic amines) is 1. The van der Waals surface area contributed by atoms with Crippen LogP contribution in [-0.4, -0.2) is 41.0 Å². The number of piperidine rings is 1. The second kappa shape index (κ2) is 9.61. The lowest BCUT2D eigenvalue weighted by atomic mass is 10.1. The Morgan fingerprint density at radius 2 is 1.69 bits per heavy atom. The highest BCUT2D eigenvalue weighted by Gasteiger charge is 2.11. The Kier molecular flexibility index (Phi) is 6.70. The standard InChI is InChI=1S/C22H25Cl2N5/c23-16-13-17(24)15-18(14-16)26-21-19-7-2-3-8-20(19)27-22(28-21)25-9-6-12-29-10-4-1-5-11-29/h2-3,7-8,13-15H,1,4-6,9-12H2,(H2,25,26,27,28). The molecule has 1 fully saturated rings. The van der Waals surface area contributed by atoms with Gasteiger partial charge in [-0.25, -0.2) is 4.98 Å². The summed E-state index contributed by atoms with van der Waals surface area (Å²) in [6.07, 6.45) is 5.09. The van der Waals surface area contributed by atoms with Gasteiger partial charge < -0.3 is 15.5 Å². The van der Waals surface area contributed by atoms with Gasteiger partial charge in [0.05, 0.1) is 5.52 Å². The zero-order chi connectivity index (χ0) is 20.1. The highest BCUT2D eigenvalue weighted by Crippen LogP contribution is 2.28. The molecule has 0 saturated carbocycles. The Morgan fingerprint density at radius 3 is 2.48 bits per heavy atom. The Balaban J connectivity index is 1.48. The van der Waals surface area contributed by atoms with Crippen molar-refractivity contribution < 1.29 is 0 Å². The Labute approximate surface area is 181 Å². The molecule has 1 aliphatic heterocycles. The summed E-state index contributed by atoms with van der Waals surface area (Å²) >= 11 is 12.3. The molecule has 0 bridgehead atoms. The number of halogens is 2. The van der Waals surface area contributed by atoms with E-state index in [1.807, 2.05) is 36.4 Å². The van der Waals surface area contributed by atoms with Crippen molar-refractivity contribution in [2.24, 2.45) is 0 Å². The minimum atomic E-state index is 0.578. The van der Waals surface area contributed by atoms with E-state index in [0.29, 0.717) is 16.0 Å². The second-order valence-corrected chi connectivity index (χ2v) is 8.25. The number of benzene rings is 2. The molecule has 2 N–H and O–H groups in total. The van der Waals surface area contributed by atoms with Gasteiger partial charge in [0.1, 0.15) is 5.82 Å². The Bertz CT molecular complexity index is 952. The van der Waals surface area contributed by atoms with E-state index in [0.717, 1.165) is 41.9 Å². The first-order valence-electron chi connectivity index (χ1n) is 10.1. The lowest BCUT2D eigenvalue weighted by Gasteiger charge is -2.26. The molecule has 2 heterocycles. The van der Waals surface area contributed by atoms with Crippen LogP contribution in [0.25, 0.3) is 10.9 Å². The molecule has 4 rings (SSSR count). The molecule has 1 aliphatic rings. The monoisotopic (exact) mass is 429 g/mol. The molecule has 0 spiro atoms. The van der Waals surface area contributed by atoms with Gasteiger partial charge in [0, 0.05) is 27.7 Å². The molecule has 29 heavy (non-hydrogen) atoms. The molecule has 0 aliphatic carbocycles. The van der Waals surface area contributed by atoms with Crippen molar-refractivity contribution in [2.45, 2.75) is 25.7 Å². The minimum Gasteiger partial charge on any atom is -0.354 e. The van der Waals surface area contributed by atoms with Crippen molar-refractivity contribution >= 4 is 51.6 Å². The van der Waals surface area contributed by atoms with Gasteiger partial charge in [-0.05, 0) is 69.2 Å². The van der Waals surface area contributed by atoms with Gasteiger partial charge in [-0.2, -0.15) is 4.98 Å². The summed E-state index contributed by atoms with van der Waals surface area (Å²) in [6, 6.07) is 13.3. The van der Waals surface area contributed by atoms with E-state index in [1.54, 1.807) is 6.07 Å². The van der Waals surface area contributed by atoms with Crippen molar-refractivity contribution in [1.82, 2.24) is 14.9 Å². The van der Waals surface area contributed by atoms with E-state index in [2.05, 4.69) is 20.5 Å². The Hall–Kier alpha value is -2.08. The van der Waals surface area contributed by atoms with Gasteiger partial charge >= 0.3 is 0 Å². The van der Waals surface area contributed by atoms with Gasteiger partial charge in [0.15, 0.2) is 0 Å². The molecule has 1 saturated heterocycles. The molecule has 0 radical (unpaired) electrons.